The lowest BCUT2D eigenvalue weighted by Gasteiger charge is -2.26. The standard InChI is InChI=1S/C22H25FN6O2/c1-15-11-24-22(27-21(15)16-6-7-19(31-2)18(23)10-16)26-17-12-25-29(13-17)14-20(30)28-8-4-3-5-9-28/h6-7,10-13H,3-5,8-9,14H2,1-2H3,(H,24,26,27). The van der Waals surface area contributed by atoms with Crippen LogP contribution in [0.3, 0.4) is 0 Å². The number of methoxy groups -OCH3 is 1. The molecule has 0 radical (unpaired) electrons. The molecule has 1 saturated heterocycles. The number of piperidine rings is 1. The SMILES string of the molecule is COc1ccc(-c2nc(Nc3cnn(CC(=O)N4CCCCC4)c3)ncc2C)cc1F. The monoisotopic (exact) mass is 424 g/mol. The van der Waals surface area contributed by atoms with Crippen molar-refractivity contribution in [2.24, 2.45) is 0 Å². The third-order valence-corrected chi connectivity index (χ3v) is 5.29. The summed E-state index contributed by atoms with van der Waals surface area (Å²) in [6.07, 6.45) is 8.35. The van der Waals surface area contributed by atoms with E-state index < -0.39 is 5.82 Å². The first-order valence-corrected chi connectivity index (χ1v) is 10.3. The molecule has 3 aromatic rings. The van der Waals surface area contributed by atoms with Gasteiger partial charge in [0.15, 0.2) is 11.6 Å². The van der Waals surface area contributed by atoms with Crippen LogP contribution in [-0.2, 0) is 11.3 Å². The van der Waals surface area contributed by atoms with Crippen molar-refractivity contribution in [3.8, 4) is 17.0 Å². The Morgan fingerprint density at radius 3 is 2.77 bits per heavy atom. The lowest BCUT2D eigenvalue weighted by molar-refractivity contribution is -0.132. The van der Waals surface area contributed by atoms with Crippen LogP contribution >= 0.6 is 0 Å². The Bertz CT molecular complexity index is 1080. The summed E-state index contributed by atoms with van der Waals surface area (Å²) in [6, 6.07) is 4.72. The minimum atomic E-state index is -0.452. The first-order valence-electron chi connectivity index (χ1n) is 10.3. The lowest BCUT2D eigenvalue weighted by atomic mass is 10.1. The summed E-state index contributed by atoms with van der Waals surface area (Å²) < 4.78 is 20.7. The van der Waals surface area contributed by atoms with Gasteiger partial charge in [-0.3, -0.25) is 9.48 Å². The van der Waals surface area contributed by atoms with Crippen LogP contribution < -0.4 is 10.1 Å². The molecule has 8 nitrogen and oxygen atoms in total. The fraction of sp³-hybridized carbons (Fsp3) is 0.364. The average molecular weight is 424 g/mol. The fourth-order valence-corrected chi connectivity index (χ4v) is 3.63. The first kappa shape index (κ1) is 20.8. The highest BCUT2D eigenvalue weighted by Gasteiger charge is 2.17. The zero-order valence-corrected chi connectivity index (χ0v) is 17.6. The summed E-state index contributed by atoms with van der Waals surface area (Å²) in [7, 11) is 1.43. The molecule has 1 aliphatic rings. The topological polar surface area (TPSA) is 85.2 Å². The maximum atomic E-state index is 14.1. The van der Waals surface area contributed by atoms with Crippen molar-refractivity contribution < 1.29 is 13.9 Å². The van der Waals surface area contributed by atoms with Gasteiger partial charge in [0.2, 0.25) is 11.9 Å². The Balaban J connectivity index is 1.47. The highest BCUT2D eigenvalue weighted by atomic mass is 19.1. The van der Waals surface area contributed by atoms with Gasteiger partial charge in [-0.25, -0.2) is 14.4 Å². The van der Waals surface area contributed by atoms with Gasteiger partial charge in [0.05, 0.1) is 24.7 Å². The van der Waals surface area contributed by atoms with Gasteiger partial charge in [-0.2, -0.15) is 5.10 Å². The number of rotatable bonds is 6. The van der Waals surface area contributed by atoms with Crippen molar-refractivity contribution in [2.75, 3.05) is 25.5 Å². The molecule has 0 bridgehead atoms. The Hall–Kier alpha value is -3.49. The van der Waals surface area contributed by atoms with Crippen LogP contribution in [0.4, 0.5) is 16.0 Å². The zero-order chi connectivity index (χ0) is 21.8. The van der Waals surface area contributed by atoms with Crippen LogP contribution in [0.1, 0.15) is 24.8 Å². The van der Waals surface area contributed by atoms with Crippen molar-refractivity contribution in [2.45, 2.75) is 32.7 Å². The number of amides is 1. The third-order valence-electron chi connectivity index (χ3n) is 5.29. The summed E-state index contributed by atoms with van der Waals surface area (Å²) >= 11 is 0. The molecule has 0 atom stereocenters. The molecule has 9 heteroatoms. The minimum absolute atomic E-state index is 0.0738. The summed E-state index contributed by atoms with van der Waals surface area (Å²) in [4.78, 5) is 23.2. The van der Waals surface area contributed by atoms with E-state index in [1.165, 1.54) is 19.6 Å². The van der Waals surface area contributed by atoms with Gasteiger partial charge in [0.25, 0.3) is 0 Å². The van der Waals surface area contributed by atoms with E-state index in [9.17, 15) is 9.18 Å². The Morgan fingerprint density at radius 1 is 1.23 bits per heavy atom. The predicted molar refractivity (Wildman–Crippen MR) is 115 cm³/mol. The maximum Gasteiger partial charge on any atom is 0.244 e. The molecule has 3 heterocycles. The summed E-state index contributed by atoms with van der Waals surface area (Å²) in [5.74, 6) is 0.163. The van der Waals surface area contributed by atoms with E-state index in [-0.39, 0.29) is 18.2 Å². The van der Waals surface area contributed by atoms with E-state index in [1.54, 1.807) is 35.4 Å². The van der Waals surface area contributed by atoms with Gasteiger partial charge in [0, 0.05) is 31.0 Å². The number of carbonyl (C=O) groups is 1. The van der Waals surface area contributed by atoms with Crippen molar-refractivity contribution in [3.05, 3.63) is 48.2 Å². The molecule has 1 amide bonds. The van der Waals surface area contributed by atoms with Crippen LogP contribution in [0.25, 0.3) is 11.3 Å². The molecule has 0 spiro atoms. The average Bonchev–Trinajstić information content (AvgIpc) is 3.22. The molecule has 1 aliphatic heterocycles. The first-order chi connectivity index (χ1) is 15.0. The molecule has 0 saturated carbocycles. The Kier molecular flexibility index (Phi) is 6.11. The number of aryl methyl sites for hydroxylation is 1. The molecule has 1 N–H and O–H groups in total. The molecule has 31 heavy (non-hydrogen) atoms. The molecule has 0 aliphatic carbocycles. The zero-order valence-electron chi connectivity index (χ0n) is 17.6. The third kappa shape index (κ3) is 4.82. The number of hydrogen-bond donors (Lipinski definition) is 1. The quantitative estimate of drug-likeness (QED) is 0.651. The number of nitrogens with zero attached hydrogens (tertiary/aromatic N) is 5. The molecule has 1 aromatic carbocycles. The predicted octanol–water partition coefficient (Wildman–Crippen LogP) is 3.55. The van der Waals surface area contributed by atoms with Crippen molar-refractivity contribution in [3.63, 3.8) is 0 Å². The Morgan fingerprint density at radius 2 is 2.03 bits per heavy atom. The largest absolute Gasteiger partial charge is 0.494 e. The number of hydrogen-bond acceptors (Lipinski definition) is 6. The van der Waals surface area contributed by atoms with Gasteiger partial charge in [0.1, 0.15) is 6.54 Å². The van der Waals surface area contributed by atoms with Crippen molar-refractivity contribution in [1.29, 1.82) is 0 Å². The van der Waals surface area contributed by atoms with Crippen LogP contribution in [0, 0.1) is 12.7 Å². The number of ether oxygens (including phenoxy) is 1. The van der Waals surface area contributed by atoms with E-state index in [2.05, 4.69) is 20.4 Å². The molecule has 162 valence electrons. The molecule has 1 fully saturated rings. The second kappa shape index (κ2) is 9.11. The number of likely N-dealkylation sites (tertiary alicyclic amines) is 1. The summed E-state index contributed by atoms with van der Waals surface area (Å²) in [5, 5.41) is 7.37. The minimum Gasteiger partial charge on any atom is -0.494 e. The van der Waals surface area contributed by atoms with Gasteiger partial charge < -0.3 is 15.0 Å². The van der Waals surface area contributed by atoms with Gasteiger partial charge in [-0.1, -0.05) is 0 Å². The normalized spacial score (nSPS) is 13.8. The van der Waals surface area contributed by atoms with Crippen LogP contribution in [0.5, 0.6) is 5.75 Å². The molecule has 2 aromatic heterocycles. The molecular formula is C22H25FN6O2. The van der Waals surface area contributed by atoms with Crippen LogP contribution in [0.2, 0.25) is 0 Å². The molecule has 0 unspecified atom stereocenters. The van der Waals surface area contributed by atoms with Crippen LogP contribution in [0.15, 0.2) is 36.8 Å². The number of anilines is 2. The van der Waals surface area contributed by atoms with Crippen LogP contribution in [-0.4, -0.2) is 50.8 Å². The number of nitrogens with one attached hydrogen (secondary N) is 1. The smallest absolute Gasteiger partial charge is 0.244 e. The summed E-state index contributed by atoms with van der Waals surface area (Å²) in [6.45, 7) is 3.70. The van der Waals surface area contributed by atoms with E-state index in [0.717, 1.165) is 31.5 Å². The fourth-order valence-electron chi connectivity index (χ4n) is 3.63. The molecular weight excluding hydrogens is 399 g/mol. The number of halogens is 1. The molecule has 4 rings (SSSR count). The van der Waals surface area contributed by atoms with E-state index in [0.29, 0.717) is 22.9 Å². The van der Waals surface area contributed by atoms with E-state index >= 15 is 0 Å². The summed E-state index contributed by atoms with van der Waals surface area (Å²) in [5.41, 5.74) is 2.73. The van der Waals surface area contributed by atoms with Gasteiger partial charge >= 0.3 is 0 Å². The van der Waals surface area contributed by atoms with Crippen molar-refractivity contribution >= 4 is 17.5 Å². The number of aromatic nitrogens is 4. The number of carbonyl (C=O) groups excluding carboxylic acids is 1. The van der Waals surface area contributed by atoms with E-state index in [1.807, 2.05) is 11.8 Å². The second-order valence-corrected chi connectivity index (χ2v) is 7.57. The van der Waals surface area contributed by atoms with E-state index in [4.69, 9.17) is 4.74 Å². The Labute approximate surface area is 180 Å². The maximum absolute atomic E-state index is 14.1. The van der Waals surface area contributed by atoms with Gasteiger partial charge in [-0.15, -0.1) is 0 Å². The highest BCUT2D eigenvalue weighted by molar-refractivity contribution is 5.76. The van der Waals surface area contributed by atoms with Crippen molar-refractivity contribution in [1.82, 2.24) is 24.6 Å². The second-order valence-electron chi connectivity index (χ2n) is 7.57. The highest BCUT2D eigenvalue weighted by Crippen LogP contribution is 2.27. The lowest BCUT2D eigenvalue weighted by Crippen LogP contribution is -2.37. The number of benzene rings is 1. The van der Waals surface area contributed by atoms with Gasteiger partial charge in [-0.05, 0) is 49.9 Å².